The van der Waals surface area contributed by atoms with Crippen LogP contribution in [0.25, 0.3) is 34.4 Å². The molecule has 2 unspecified atom stereocenters. The first-order valence-corrected chi connectivity index (χ1v) is 26.4. The van der Waals surface area contributed by atoms with Crippen LogP contribution in [0.5, 0.6) is 0 Å². The van der Waals surface area contributed by atoms with E-state index < -0.39 is 20.0 Å². The van der Waals surface area contributed by atoms with Gasteiger partial charge in [0.2, 0.25) is 0 Å². The summed E-state index contributed by atoms with van der Waals surface area (Å²) in [6.07, 6.45) is 5.22. The van der Waals surface area contributed by atoms with Gasteiger partial charge in [-0.1, -0.05) is 0 Å². The Labute approximate surface area is 301 Å². The van der Waals surface area contributed by atoms with E-state index in [-0.39, 0.29) is 35.6 Å². The van der Waals surface area contributed by atoms with Crippen LogP contribution in [0, 0.1) is 5.92 Å². The van der Waals surface area contributed by atoms with E-state index in [2.05, 4.69) is 159 Å². The Morgan fingerprint density at radius 2 is 1.00 bits per heavy atom. The SMILES string of the molecule is CC1=Cc2c(-c3ccc(C(C)(C)C)cc3)cccc2[CH]1[Hf+2]1([CH]2C(C(C)C)=Cc3c(-c4ccc(C(C)(C)C)cc4)cccc32)[CH2][CH2]1.[Cl-].[Cl-]. The molecule has 0 nitrogen and oxygen atoms in total. The Balaban J connectivity index is 0.00000217. The molecule has 1 aliphatic heterocycles. The van der Waals surface area contributed by atoms with Crippen LogP contribution < -0.4 is 24.8 Å². The fourth-order valence-electron chi connectivity index (χ4n) is 8.57. The predicted molar refractivity (Wildman–Crippen MR) is 193 cm³/mol. The maximum absolute atomic E-state index is 2.91. The minimum atomic E-state index is -2.91. The van der Waals surface area contributed by atoms with Crippen LogP contribution in [0.4, 0.5) is 0 Å². The molecule has 0 amide bonds. The van der Waals surface area contributed by atoms with Crippen molar-refractivity contribution in [1.82, 2.24) is 0 Å². The molecule has 7 rings (SSSR count). The number of hydrogen-bond acceptors (Lipinski definition) is 0. The van der Waals surface area contributed by atoms with Crippen molar-refractivity contribution in [2.24, 2.45) is 5.92 Å². The topological polar surface area (TPSA) is 0 Å². The third kappa shape index (κ3) is 6.24. The zero-order valence-electron chi connectivity index (χ0n) is 29.6. The Kier molecular flexibility index (Phi) is 9.93. The maximum Gasteiger partial charge on any atom is -1.00 e. The van der Waals surface area contributed by atoms with E-state index in [1.54, 1.807) is 22.3 Å². The molecule has 3 aliphatic rings. The van der Waals surface area contributed by atoms with Crippen LogP contribution in [0.2, 0.25) is 8.35 Å². The van der Waals surface area contributed by atoms with E-state index >= 15 is 0 Å². The van der Waals surface area contributed by atoms with E-state index in [1.807, 2.05) is 0 Å². The van der Waals surface area contributed by atoms with Gasteiger partial charge >= 0.3 is 279 Å². The molecule has 2 aliphatic carbocycles. The predicted octanol–water partition coefficient (Wildman–Crippen LogP) is 6.88. The molecule has 47 heavy (non-hydrogen) atoms. The molecule has 4 aromatic carbocycles. The molecule has 3 heteroatoms. The molecular formula is C44H50Cl2Hf. The first-order valence-electron chi connectivity index (χ1n) is 17.2. The van der Waals surface area contributed by atoms with Crippen LogP contribution >= 0.6 is 0 Å². The Morgan fingerprint density at radius 1 is 0.574 bits per heavy atom. The normalized spacial score (nSPS) is 18.6. The minimum absolute atomic E-state index is 0. The van der Waals surface area contributed by atoms with Crippen LogP contribution in [-0.2, 0) is 30.8 Å². The fourth-order valence-corrected chi connectivity index (χ4v) is 37.1. The summed E-state index contributed by atoms with van der Waals surface area (Å²) in [6.45, 7) is 21.1. The Bertz CT molecular complexity index is 1840. The molecule has 0 aromatic heterocycles. The maximum atomic E-state index is 2.64. The molecule has 0 saturated carbocycles. The molecule has 0 N–H and O–H groups in total. The van der Waals surface area contributed by atoms with Crippen molar-refractivity contribution in [2.75, 3.05) is 0 Å². The second-order valence-electron chi connectivity index (χ2n) is 16.6. The van der Waals surface area contributed by atoms with E-state index in [0.717, 1.165) is 0 Å². The summed E-state index contributed by atoms with van der Waals surface area (Å²) < 4.78 is 4.36. The van der Waals surface area contributed by atoms with E-state index in [1.165, 1.54) is 52.9 Å². The number of hydrogen-bond donors (Lipinski definition) is 0. The van der Waals surface area contributed by atoms with Gasteiger partial charge in [-0.15, -0.1) is 0 Å². The smallest absolute Gasteiger partial charge is 1.00 e. The van der Waals surface area contributed by atoms with Gasteiger partial charge in [-0.05, 0) is 0 Å². The van der Waals surface area contributed by atoms with Crippen LogP contribution in [0.1, 0.15) is 103 Å². The molecule has 2 atom stereocenters. The number of fused-ring (bicyclic) bond motifs is 2. The van der Waals surface area contributed by atoms with Crippen molar-refractivity contribution in [1.29, 1.82) is 0 Å². The van der Waals surface area contributed by atoms with Gasteiger partial charge < -0.3 is 24.8 Å². The summed E-state index contributed by atoms with van der Waals surface area (Å²) in [5.41, 5.74) is 18.3. The largest absolute Gasteiger partial charge is 1.00 e. The van der Waals surface area contributed by atoms with Crippen molar-refractivity contribution in [2.45, 2.75) is 88.8 Å². The molecule has 1 saturated heterocycles. The van der Waals surface area contributed by atoms with Gasteiger partial charge in [-0.3, -0.25) is 0 Å². The van der Waals surface area contributed by atoms with E-state index in [0.29, 0.717) is 13.3 Å². The molecule has 0 radical (unpaired) electrons. The van der Waals surface area contributed by atoms with E-state index in [9.17, 15) is 0 Å². The second kappa shape index (κ2) is 12.9. The molecule has 1 fully saturated rings. The quantitative estimate of drug-likeness (QED) is 0.193. The molecule has 4 aromatic rings. The van der Waals surface area contributed by atoms with Crippen molar-refractivity contribution in [3.8, 4) is 22.3 Å². The molecule has 0 spiro atoms. The van der Waals surface area contributed by atoms with Crippen molar-refractivity contribution in [3.63, 3.8) is 0 Å². The van der Waals surface area contributed by atoms with Crippen LogP contribution in [0.3, 0.4) is 0 Å². The van der Waals surface area contributed by atoms with Gasteiger partial charge in [0.15, 0.2) is 0 Å². The third-order valence-corrected chi connectivity index (χ3v) is 30.4. The summed E-state index contributed by atoms with van der Waals surface area (Å²) in [4.78, 5) is 0. The van der Waals surface area contributed by atoms with Crippen molar-refractivity contribution < 1.29 is 44.8 Å². The van der Waals surface area contributed by atoms with Gasteiger partial charge in [0.05, 0.1) is 0 Å². The average Bonchev–Trinajstić information content (AvgIpc) is 3.54. The monoisotopic (exact) mass is 828 g/mol. The minimum Gasteiger partial charge on any atom is -1.00 e. The Hall–Kier alpha value is -2.19. The Morgan fingerprint density at radius 3 is 1.40 bits per heavy atom. The van der Waals surface area contributed by atoms with Gasteiger partial charge in [-0.25, -0.2) is 0 Å². The summed E-state index contributed by atoms with van der Waals surface area (Å²) in [6, 6.07) is 33.2. The zero-order valence-corrected chi connectivity index (χ0v) is 34.7. The van der Waals surface area contributed by atoms with Crippen LogP contribution in [0.15, 0.2) is 96.1 Å². The number of benzene rings is 4. The average molecular weight is 828 g/mol. The first kappa shape index (κ1) is 36.1. The van der Waals surface area contributed by atoms with Gasteiger partial charge in [-0.2, -0.15) is 0 Å². The van der Waals surface area contributed by atoms with Gasteiger partial charge in [0.25, 0.3) is 0 Å². The number of rotatable bonds is 5. The summed E-state index contributed by atoms with van der Waals surface area (Å²) in [5.74, 6) is 0.564. The summed E-state index contributed by atoms with van der Waals surface area (Å²) in [7, 11) is 0. The van der Waals surface area contributed by atoms with Crippen LogP contribution in [-0.4, -0.2) is 0 Å². The first-order chi connectivity index (χ1) is 21.3. The third-order valence-electron chi connectivity index (χ3n) is 11.1. The van der Waals surface area contributed by atoms with Crippen molar-refractivity contribution >= 4 is 12.2 Å². The number of halogens is 2. The van der Waals surface area contributed by atoms with Gasteiger partial charge in [0.1, 0.15) is 0 Å². The number of allylic oxidation sites excluding steroid dienone is 2. The molecule has 244 valence electrons. The van der Waals surface area contributed by atoms with E-state index in [4.69, 9.17) is 0 Å². The zero-order chi connectivity index (χ0) is 31.9. The fraction of sp³-hybridized carbons (Fsp3) is 0.364. The molecule has 1 heterocycles. The second-order valence-corrected chi connectivity index (χ2v) is 33.2. The summed E-state index contributed by atoms with van der Waals surface area (Å²) >= 11 is -2.91. The standard InChI is InChI=1S/C22H25.C20H21.C2H4.2ClH.Hf/c1-15(2)18-13-17-7-6-8-20(21(17)14-18)16-9-11-19(12-10-16)22(3,4)5;1-14-12-16-6-5-7-18(19(16)13-14)15-8-10-17(11-9-15)20(2,3)4;1-2;;;/h6-15H,1-5H3;5-13H,1-4H3;1-2H2;2*1H;/q;;;;;+2/p-2. The molecule has 0 bridgehead atoms. The summed E-state index contributed by atoms with van der Waals surface area (Å²) in [5, 5.41) is 0. The van der Waals surface area contributed by atoms with Gasteiger partial charge in [0, 0.05) is 0 Å². The molecular weight excluding hydrogens is 778 g/mol. The van der Waals surface area contributed by atoms with Crippen molar-refractivity contribution in [3.05, 3.63) is 129 Å².